The Morgan fingerprint density at radius 2 is 1.71 bits per heavy atom. The molecule has 2 heteroatoms. The average Bonchev–Trinajstić information content (AvgIpc) is 2.35. The van der Waals surface area contributed by atoms with Crippen LogP contribution in [0, 0.1) is 5.92 Å². The maximum Gasteiger partial charge on any atom is 0.0945 e. The van der Waals surface area contributed by atoms with E-state index in [4.69, 9.17) is 0 Å². The monoisotopic (exact) mass is 235 g/mol. The summed E-state index contributed by atoms with van der Waals surface area (Å²) in [5, 5.41) is 13.7. The minimum Gasteiger partial charge on any atom is -0.387 e. The third-order valence-corrected chi connectivity index (χ3v) is 3.23. The predicted molar refractivity (Wildman–Crippen MR) is 73.1 cm³/mol. The Morgan fingerprint density at radius 3 is 2.12 bits per heavy atom. The minimum absolute atomic E-state index is 0.118. The molecule has 17 heavy (non-hydrogen) atoms. The van der Waals surface area contributed by atoms with Crippen molar-refractivity contribution >= 4 is 0 Å². The van der Waals surface area contributed by atoms with Gasteiger partial charge in [-0.2, -0.15) is 0 Å². The highest BCUT2D eigenvalue weighted by Gasteiger charge is 2.22. The summed E-state index contributed by atoms with van der Waals surface area (Å²) in [5.74, 6) is 0.413. The Hall–Kier alpha value is -0.860. The number of hydrogen-bond acceptors (Lipinski definition) is 2. The van der Waals surface area contributed by atoms with E-state index >= 15 is 0 Å². The molecule has 0 fully saturated rings. The normalized spacial score (nSPS) is 14.9. The lowest BCUT2D eigenvalue weighted by molar-refractivity contribution is 0.106. The molecule has 2 atom stereocenters. The van der Waals surface area contributed by atoms with Crippen molar-refractivity contribution in [2.24, 2.45) is 5.92 Å². The number of aryl methyl sites for hydroxylation is 1. The number of aliphatic hydroxyl groups is 1. The summed E-state index contributed by atoms with van der Waals surface area (Å²) in [7, 11) is 0. The largest absolute Gasteiger partial charge is 0.387 e. The van der Waals surface area contributed by atoms with Gasteiger partial charge >= 0.3 is 0 Å². The van der Waals surface area contributed by atoms with Crippen molar-refractivity contribution in [1.82, 2.24) is 5.32 Å². The third kappa shape index (κ3) is 3.83. The van der Waals surface area contributed by atoms with Crippen LogP contribution in [0.1, 0.15) is 44.9 Å². The fourth-order valence-corrected chi connectivity index (χ4v) is 2.11. The van der Waals surface area contributed by atoms with Crippen molar-refractivity contribution in [1.29, 1.82) is 0 Å². The van der Waals surface area contributed by atoms with Crippen LogP contribution in [-0.2, 0) is 6.42 Å². The molecule has 1 aromatic carbocycles. The van der Waals surface area contributed by atoms with Gasteiger partial charge in [0.1, 0.15) is 0 Å². The summed E-state index contributed by atoms with van der Waals surface area (Å²) < 4.78 is 0. The first kappa shape index (κ1) is 14.2. The van der Waals surface area contributed by atoms with Crippen LogP contribution in [0.15, 0.2) is 24.3 Å². The van der Waals surface area contributed by atoms with Gasteiger partial charge in [0.2, 0.25) is 0 Å². The lowest BCUT2D eigenvalue weighted by atomic mass is 9.93. The fraction of sp³-hybridized carbons (Fsp3) is 0.600. The van der Waals surface area contributed by atoms with Crippen LogP contribution in [0.4, 0.5) is 0 Å². The van der Waals surface area contributed by atoms with Crippen molar-refractivity contribution < 1.29 is 5.11 Å². The third-order valence-electron chi connectivity index (χ3n) is 3.23. The first-order valence-corrected chi connectivity index (χ1v) is 6.60. The van der Waals surface area contributed by atoms with Crippen LogP contribution in [0.25, 0.3) is 0 Å². The van der Waals surface area contributed by atoms with Crippen molar-refractivity contribution in [3.8, 4) is 0 Å². The Balaban J connectivity index is 2.81. The summed E-state index contributed by atoms with van der Waals surface area (Å²) in [6, 6.07) is 8.39. The van der Waals surface area contributed by atoms with E-state index in [2.05, 4.69) is 45.1 Å². The van der Waals surface area contributed by atoms with Gasteiger partial charge in [0.25, 0.3) is 0 Å². The first-order valence-electron chi connectivity index (χ1n) is 6.60. The molecule has 0 saturated heterocycles. The topological polar surface area (TPSA) is 32.3 Å². The van der Waals surface area contributed by atoms with E-state index in [9.17, 15) is 5.11 Å². The molecule has 0 spiro atoms. The second-order valence-electron chi connectivity index (χ2n) is 4.87. The van der Waals surface area contributed by atoms with Crippen LogP contribution < -0.4 is 5.32 Å². The Morgan fingerprint density at radius 1 is 1.12 bits per heavy atom. The second kappa shape index (κ2) is 6.77. The Kier molecular flexibility index (Phi) is 5.66. The standard InChI is InChI=1S/C15H25NO/c1-5-12-7-9-13(10-8-12)15(17)14(11(3)4)16-6-2/h7-11,14-17H,5-6H2,1-4H3. The molecule has 0 radical (unpaired) electrons. The van der Waals surface area contributed by atoms with E-state index in [1.807, 2.05) is 12.1 Å². The molecular formula is C15H25NO. The average molecular weight is 235 g/mol. The molecule has 0 amide bonds. The van der Waals surface area contributed by atoms with Crippen LogP contribution in [0.5, 0.6) is 0 Å². The predicted octanol–water partition coefficient (Wildman–Crippen LogP) is 2.92. The second-order valence-corrected chi connectivity index (χ2v) is 4.87. The number of likely N-dealkylation sites (N-methyl/N-ethyl adjacent to an activating group) is 1. The smallest absolute Gasteiger partial charge is 0.0945 e. The quantitative estimate of drug-likeness (QED) is 0.794. The van der Waals surface area contributed by atoms with Crippen LogP contribution in [-0.4, -0.2) is 17.7 Å². The molecule has 0 aliphatic rings. The fourth-order valence-electron chi connectivity index (χ4n) is 2.11. The van der Waals surface area contributed by atoms with Crippen molar-refractivity contribution in [3.05, 3.63) is 35.4 Å². The van der Waals surface area contributed by atoms with Crippen molar-refractivity contribution in [2.75, 3.05) is 6.54 Å². The zero-order valence-corrected chi connectivity index (χ0v) is 11.4. The maximum atomic E-state index is 10.4. The highest BCUT2D eigenvalue weighted by atomic mass is 16.3. The zero-order chi connectivity index (χ0) is 12.8. The Labute approximate surface area is 105 Å². The molecule has 2 N–H and O–H groups in total. The summed E-state index contributed by atoms with van der Waals surface area (Å²) in [6.07, 6.45) is 0.609. The van der Waals surface area contributed by atoms with E-state index in [1.165, 1.54) is 5.56 Å². The van der Waals surface area contributed by atoms with Gasteiger partial charge in [0.05, 0.1) is 6.10 Å². The van der Waals surface area contributed by atoms with Gasteiger partial charge in [-0.3, -0.25) is 0 Å². The number of nitrogens with one attached hydrogen (secondary N) is 1. The van der Waals surface area contributed by atoms with Crippen molar-refractivity contribution in [2.45, 2.75) is 46.3 Å². The lowest BCUT2D eigenvalue weighted by Gasteiger charge is -2.27. The number of benzene rings is 1. The maximum absolute atomic E-state index is 10.4. The molecule has 0 saturated carbocycles. The van der Waals surface area contributed by atoms with Gasteiger partial charge in [0, 0.05) is 6.04 Å². The van der Waals surface area contributed by atoms with Gasteiger partial charge in [0.15, 0.2) is 0 Å². The highest BCUT2D eigenvalue weighted by molar-refractivity contribution is 5.25. The first-order chi connectivity index (χ1) is 8.10. The molecule has 0 aliphatic heterocycles. The molecule has 0 bridgehead atoms. The van der Waals surface area contributed by atoms with Crippen LogP contribution >= 0.6 is 0 Å². The SMILES string of the molecule is CCNC(C(C)C)C(O)c1ccc(CC)cc1. The van der Waals surface area contributed by atoms with Crippen LogP contribution in [0.3, 0.4) is 0 Å². The number of aliphatic hydroxyl groups excluding tert-OH is 1. The Bertz CT molecular complexity index is 318. The highest BCUT2D eigenvalue weighted by Crippen LogP contribution is 2.22. The number of rotatable bonds is 6. The van der Waals surface area contributed by atoms with E-state index < -0.39 is 6.10 Å². The summed E-state index contributed by atoms with van der Waals surface area (Å²) >= 11 is 0. The molecule has 0 aliphatic carbocycles. The van der Waals surface area contributed by atoms with E-state index in [0.29, 0.717) is 5.92 Å². The molecule has 96 valence electrons. The van der Waals surface area contributed by atoms with Gasteiger partial charge in [-0.1, -0.05) is 52.0 Å². The molecular weight excluding hydrogens is 210 g/mol. The summed E-state index contributed by atoms with van der Waals surface area (Å²) in [6.45, 7) is 9.37. The lowest BCUT2D eigenvalue weighted by Crippen LogP contribution is -2.39. The minimum atomic E-state index is -0.430. The molecule has 2 nitrogen and oxygen atoms in total. The van der Waals surface area contributed by atoms with Gasteiger partial charge in [-0.15, -0.1) is 0 Å². The molecule has 1 rings (SSSR count). The van der Waals surface area contributed by atoms with E-state index in [1.54, 1.807) is 0 Å². The molecule has 0 aromatic heterocycles. The summed E-state index contributed by atoms with van der Waals surface area (Å²) in [4.78, 5) is 0. The van der Waals surface area contributed by atoms with Crippen molar-refractivity contribution in [3.63, 3.8) is 0 Å². The molecule has 0 heterocycles. The summed E-state index contributed by atoms with van der Waals surface area (Å²) in [5.41, 5.74) is 2.31. The van der Waals surface area contributed by atoms with Crippen LogP contribution in [0.2, 0.25) is 0 Å². The van der Waals surface area contributed by atoms with Gasteiger partial charge in [-0.25, -0.2) is 0 Å². The molecule has 2 unspecified atom stereocenters. The zero-order valence-electron chi connectivity index (χ0n) is 11.4. The van der Waals surface area contributed by atoms with E-state index in [-0.39, 0.29) is 6.04 Å². The number of hydrogen-bond donors (Lipinski definition) is 2. The van der Waals surface area contributed by atoms with E-state index in [0.717, 1.165) is 18.5 Å². The van der Waals surface area contributed by atoms with Gasteiger partial charge < -0.3 is 10.4 Å². The molecule has 1 aromatic rings. The van der Waals surface area contributed by atoms with Gasteiger partial charge in [-0.05, 0) is 30.0 Å².